The number of carbonyl (C=O) groups excluding carboxylic acids is 1. The van der Waals surface area contributed by atoms with Crippen molar-refractivity contribution in [2.75, 3.05) is 5.75 Å². The van der Waals surface area contributed by atoms with Gasteiger partial charge < -0.3 is 10.4 Å². The van der Waals surface area contributed by atoms with Crippen molar-refractivity contribution in [3.05, 3.63) is 0 Å². The normalized spacial score (nSPS) is 38.7. The van der Waals surface area contributed by atoms with Gasteiger partial charge in [0.1, 0.15) is 0 Å². The van der Waals surface area contributed by atoms with Crippen molar-refractivity contribution < 1.29 is 14.7 Å². The van der Waals surface area contributed by atoms with Crippen LogP contribution < -0.4 is 5.32 Å². The van der Waals surface area contributed by atoms with Gasteiger partial charge in [-0.05, 0) is 12.8 Å². The molecule has 2 rings (SSSR count). The standard InChI is InChI=1S/C10H15NO3S/c1-5-2-6(4-15-5)11-9(12)7-3-8(7)10(13)14/h5-8H,2-4H2,1H3,(H,11,12)(H,13,14). The average molecular weight is 229 g/mol. The van der Waals surface area contributed by atoms with Gasteiger partial charge in [0.05, 0.1) is 11.8 Å². The molecule has 0 aromatic rings. The Morgan fingerprint density at radius 3 is 2.53 bits per heavy atom. The van der Waals surface area contributed by atoms with E-state index in [1.807, 2.05) is 11.8 Å². The van der Waals surface area contributed by atoms with E-state index in [9.17, 15) is 9.59 Å². The lowest BCUT2D eigenvalue weighted by Crippen LogP contribution is -2.36. The molecule has 0 bridgehead atoms. The third-order valence-electron chi connectivity index (χ3n) is 2.99. The van der Waals surface area contributed by atoms with Crippen molar-refractivity contribution in [2.24, 2.45) is 11.8 Å². The van der Waals surface area contributed by atoms with Gasteiger partial charge in [-0.3, -0.25) is 9.59 Å². The van der Waals surface area contributed by atoms with Crippen molar-refractivity contribution in [3.63, 3.8) is 0 Å². The highest BCUT2D eigenvalue weighted by molar-refractivity contribution is 8.00. The number of nitrogens with one attached hydrogen (secondary N) is 1. The smallest absolute Gasteiger partial charge is 0.307 e. The maximum atomic E-state index is 11.6. The molecule has 15 heavy (non-hydrogen) atoms. The number of hydrogen-bond acceptors (Lipinski definition) is 3. The van der Waals surface area contributed by atoms with Crippen LogP contribution in [0.3, 0.4) is 0 Å². The maximum absolute atomic E-state index is 11.6. The van der Waals surface area contributed by atoms with Crippen LogP contribution in [0.1, 0.15) is 19.8 Å². The number of carboxylic acids is 1. The summed E-state index contributed by atoms with van der Waals surface area (Å²) in [5, 5.41) is 12.2. The average Bonchev–Trinajstić information content (AvgIpc) is 2.86. The minimum Gasteiger partial charge on any atom is -0.481 e. The zero-order chi connectivity index (χ0) is 11.0. The molecule has 1 aliphatic carbocycles. The molecular formula is C10H15NO3S. The largest absolute Gasteiger partial charge is 0.481 e. The molecule has 1 saturated heterocycles. The van der Waals surface area contributed by atoms with Gasteiger partial charge in [-0.25, -0.2) is 0 Å². The fraction of sp³-hybridized carbons (Fsp3) is 0.800. The molecule has 2 fully saturated rings. The van der Waals surface area contributed by atoms with Crippen LogP contribution in [0.4, 0.5) is 0 Å². The number of rotatable bonds is 3. The fourth-order valence-electron chi connectivity index (χ4n) is 1.98. The van der Waals surface area contributed by atoms with Crippen molar-refractivity contribution in [1.29, 1.82) is 0 Å². The summed E-state index contributed by atoms with van der Waals surface area (Å²) in [5.41, 5.74) is 0. The molecule has 2 N–H and O–H groups in total. The summed E-state index contributed by atoms with van der Waals surface area (Å²) >= 11 is 1.86. The highest BCUT2D eigenvalue weighted by Gasteiger charge is 2.48. The van der Waals surface area contributed by atoms with E-state index in [-0.39, 0.29) is 17.9 Å². The fourth-order valence-corrected chi connectivity index (χ4v) is 3.13. The maximum Gasteiger partial charge on any atom is 0.307 e. The van der Waals surface area contributed by atoms with Gasteiger partial charge >= 0.3 is 5.97 Å². The molecule has 4 atom stereocenters. The van der Waals surface area contributed by atoms with E-state index in [1.165, 1.54) is 0 Å². The Morgan fingerprint density at radius 1 is 1.33 bits per heavy atom. The topological polar surface area (TPSA) is 66.4 Å². The van der Waals surface area contributed by atoms with Crippen LogP contribution >= 0.6 is 11.8 Å². The number of aliphatic carboxylic acids is 1. The van der Waals surface area contributed by atoms with E-state index < -0.39 is 11.9 Å². The summed E-state index contributed by atoms with van der Waals surface area (Å²) in [6.07, 6.45) is 1.51. The second-order valence-corrected chi connectivity index (χ2v) is 5.84. The molecule has 84 valence electrons. The minimum atomic E-state index is -0.843. The molecule has 2 aliphatic rings. The van der Waals surface area contributed by atoms with Crippen LogP contribution in [0.2, 0.25) is 0 Å². The molecule has 1 heterocycles. The molecular weight excluding hydrogens is 214 g/mol. The van der Waals surface area contributed by atoms with E-state index in [0.29, 0.717) is 11.7 Å². The van der Waals surface area contributed by atoms with Crippen molar-refractivity contribution >= 4 is 23.6 Å². The zero-order valence-electron chi connectivity index (χ0n) is 8.60. The number of carbonyl (C=O) groups is 2. The monoisotopic (exact) mass is 229 g/mol. The molecule has 0 spiro atoms. The van der Waals surface area contributed by atoms with Crippen LogP contribution in [-0.4, -0.2) is 34.0 Å². The van der Waals surface area contributed by atoms with Gasteiger partial charge in [0.25, 0.3) is 0 Å². The van der Waals surface area contributed by atoms with E-state index in [4.69, 9.17) is 5.11 Å². The third kappa shape index (κ3) is 2.45. The lowest BCUT2D eigenvalue weighted by Gasteiger charge is -2.10. The summed E-state index contributed by atoms with van der Waals surface area (Å²) in [7, 11) is 0. The second-order valence-electron chi connectivity index (χ2n) is 4.37. The summed E-state index contributed by atoms with van der Waals surface area (Å²) in [5.74, 6) is -0.663. The lowest BCUT2D eigenvalue weighted by molar-refractivity contribution is -0.140. The van der Waals surface area contributed by atoms with Crippen molar-refractivity contribution in [2.45, 2.75) is 31.1 Å². The quantitative estimate of drug-likeness (QED) is 0.748. The Labute approximate surface area is 92.8 Å². The van der Waals surface area contributed by atoms with E-state index in [1.54, 1.807) is 0 Å². The van der Waals surface area contributed by atoms with Crippen LogP contribution in [0, 0.1) is 11.8 Å². The molecule has 5 heteroatoms. The predicted octanol–water partition coefficient (Wildman–Crippen LogP) is 0.717. The molecule has 4 unspecified atom stereocenters. The molecule has 0 aromatic heterocycles. The zero-order valence-corrected chi connectivity index (χ0v) is 9.42. The Kier molecular flexibility index (Phi) is 2.91. The predicted molar refractivity (Wildman–Crippen MR) is 57.7 cm³/mol. The first-order valence-electron chi connectivity index (χ1n) is 5.22. The molecule has 0 radical (unpaired) electrons. The molecule has 1 amide bonds. The third-order valence-corrected chi connectivity index (χ3v) is 4.35. The van der Waals surface area contributed by atoms with E-state index in [0.717, 1.165) is 12.2 Å². The molecule has 4 nitrogen and oxygen atoms in total. The summed E-state index contributed by atoms with van der Waals surface area (Å²) in [6.45, 7) is 2.15. The highest BCUT2D eigenvalue weighted by Crippen LogP contribution is 2.39. The van der Waals surface area contributed by atoms with Crippen LogP contribution in [0.15, 0.2) is 0 Å². The minimum absolute atomic E-state index is 0.0675. The van der Waals surface area contributed by atoms with Crippen LogP contribution in [-0.2, 0) is 9.59 Å². The highest BCUT2D eigenvalue weighted by atomic mass is 32.2. The molecule has 0 aromatic carbocycles. The number of hydrogen-bond donors (Lipinski definition) is 2. The van der Waals surface area contributed by atoms with Crippen LogP contribution in [0.5, 0.6) is 0 Å². The number of amides is 1. The Hall–Kier alpha value is -0.710. The Morgan fingerprint density at radius 2 is 2.07 bits per heavy atom. The molecule has 1 saturated carbocycles. The van der Waals surface area contributed by atoms with Crippen LogP contribution in [0.25, 0.3) is 0 Å². The van der Waals surface area contributed by atoms with Gasteiger partial charge in [-0.2, -0.15) is 11.8 Å². The second kappa shape index (κ2) is 4.04. The Bertz CT molecular complexity index is 294. The number of carboxylic acid groups (broad SMARTS) is 1. The first-order chi connectivity index (χ1) is 7.08. The summed E-state index contributed by atoms with van der Waals surface area (Å²) < 4.78 is 0. The van der Waals surface area contributed by atoms with Gasteiger partial charge in [-0.15, -0.1) is 0 Å². The first-order valence-corrected chi connectivity index (χ1v) is 6.27. The van der Waals surface area contributed by atoms with E-state index in [2.05, 4.69) is 12.2 Å². The summed E-state index contributed by atoms with van der Waals surface area (Å²) in [6, 6.07) is 0.243. The lowest BCUT2D eigenvalue weighted by atomic mass is 10.2. The molecule has 1 aliphatic heterocycles. The van der Waals surface area contributed by atoms with Gasteiger partial charge in [0.2, 0.25) is 5.91 Å². The summed E-state index contributed by atoms with van der Waals surface area (Å²) in [4.78, 5) is 22.2. The van der Waals surface area contributed by atoms with E-state index >= 15 is 0 Å². The Balaban J connectivity index is 1.77. The van der Waals surface area contributed by atoms with Gasteiger partial charge in [0.15, 0.2) is 0 Å². The van der Waals surface area contributed by atoms with Gasteiger partial charge in [0, 0.05) is 17.0 Å². The van der Waals surface area contributed by atoms with Crippen molar-refractivity contribution in [3.8, 4) is 0 Å². The van der Waals surface area contributed by atoms with Crippen molar-refractivity contribution in [1.82, 2.24) is 5.32 Å². The number of thioether (sulfide) groups is 1. The van der Waals surface area contributed by atoms with Gasteiger partial charge in [-0.1, -0.05) is 6.92 Å². The SMILES string of the molecule is CC1CC(NC(=O)C2CC2C(=O)O)CS1. The first kappa shape index (κ1) is 10.8.